The molecule has 30 heavy (non-hydrogen) atoms. The Balaban J connectivity index is 2.08. The second-order valence-electron chi connectivity index (χ2n) is 5.60. The molecular formula is C15H16F2N4O8S. The number of alkyl halides is 2. The van der Waals surface area contributed by atoms with E-state index in [1.165, 1.54) is 17.9 Å². The van der Waals surface area contributed by atoms with Gasteiger partial charge in [-0.05, 0) is 6.07 Å². The predicted octanol–water partition coefficient (Wildman–Crippen LogP) is 0.960. The van der Waals surface area contributed by atoms with Gasteiger partial charge in [-0.1, -0.05) is 0 Å². The fourth-order valence-electron chi connectivity index (χ4n) is 2.21. The van der Waals surface area contributed by atoms with Crippen LogP contribution in [0.4, 0.5) is 14.5 Å². The highest BCUT2D eigenvalue weighted by Gasteiger charge is 2.23. The summed E-state index contributed by atoms with van der Waals surface area (Å²) in [6.45, 7) is -4.64. The molecule has 15 heteroatoms. The van der Waals surface area contributed by atoms with Gasteiger partial charge in [-0.2, -0.15) is 18.6 Å². The summed E-state index contributed by atoms with van der Waals surface area (Å²) in [5.74, 6) is -1.86. The van der Waals surface area contributed by atoms with Crippen LogP contribution in [0.3, 0.4) is 0 Å². The molecule has 0 aliphatic carbocycles. The summed E-state index contributed by atoms with van der Waals surface area (Å²) < 4.78 is 66.1. The lowest BCUT2D eigenvalue weighted by atomic mass is 10.1. The van der Waals surface area contributed by atoms with Crippen LogP contribution in [-0.2, 0) is 33.2 Å². The Morgan fingerprint density at radius 2 is 2.07 bits per heavy atom. The Morgan fingerprint density at radius 3 is 2.60 bits per heavy atom. The van der Waals surface area contributed by atoms with Crippen LogP contribution in [-0.4, -0.2) is 49.4 Å². The topological polar surface area (TPSA) is 152 Å². The minimum atomic E-state index is -4.02. The van der Waals surface area contributed by atoms with Crippen molar-refractivity contribution in [2.24, 2.45) is 7.05 Å². The van der Waals surface area contributed by atoms with Gasteiger partial charge >= 0.3 is 12.6 Å². The summed E-state index contributed by atoms with van der Waals surface area (Å²) >= 11 is 0. The molecule has 0 spiro atoms. The van der Waals surface area contributed by atoms with Gasteiger partial charge in [-0.25, -0.2) is 8.42 Å². The number of esters is 1. The summed E-state index contributed by atoms with van der Waals surface area (Å²) in [7, 11) is -1.38. The van der Waals surface area contributed by atoms with Gasteiger partial charge in [0.25, 0.3) is 5.69 Å². The van der Waals surface area contributed by atoms with Gasteiger partial charge in [0.1, 0.15) is 18.0 Å². The van der Waals surface area contributed by atoms with Crippen molar-refractivity contribution in [2.75, 3.05) is 13.7 Å². The number of hydrogen-bond acceptors (Lipinski definition) is 9. The number of methoxy groups -OCH3 is 1. The molecule has 0 atom stereocenters. The molecule has 2 aromatic rings. The lowest BCUT2D eigenvalue weighted by Gasteiger charge is -2.12. The first-order chi connectivity index (χ1) is 14.0. The number of nitro groups is 1. The van der Waals surface area contributed by atoms with Crippen LogP contribution in [0, 0.1) is 10.1 Å². The molecule has 0 aliphatic rings. The second kappa shape index (κ2) is 9.45. The molecule has 0 unspecified atom stereocenters. The van der Waals surface area contributed by atoms with Gasteiger partial charge in [0.15, 0.2) is 11.5 Å². The molecule has 0 saturated heterocycles. The number of nitro benzene ring substituents is 1. The second-order valence-corrected chi connectivity index (χ2v) is 7.37. The molecular weight excluding hydrogens is 434 g/mol. The number of nitrogens with one attached hydrogen (secondary N) is 1. The largest absolute Gasteiger partial charge is 0.493 e. The molecule has 0 amide bonds. The highest BCUT2D eigenvalue weighted by Crippen LogP contribution is 2.36. The van der Waals surface area contributed by atoms with Gasteiger partial charge in [0, 0.05) is 13.2 Å². The van der Waals surface area contributed by atoms with E-state index in [9.17, 15) is 32.1 Å². The SMILES string of the molecule is COc1cc(COC(=O)CNS(=O)(=O)c2cnn(C)c2)c([N+](=O)[O-])cc1OC(F)F. The summed E-state index contributed by atoms with van der Waals surface area (Å²) in [6.07, 6.45) is 2.29. The zero-order chi connectivity index (χ0) is 22.5. The first-order valence-corrected chi connectivity index (χ1v) is 9.46. The predicted molar refractivity (Wildman–Crippen MR) is 94.5 cm³/mol. The Labute approximate surface area is 168 Å². The average molecular weight is 450 g/mol. The minimum absolute atomic E-state index is 0.173. The fourth-order valence-corrected chi connectivity index (χ4v) is 3.16. The molecule has 0 fully saturated rings. The van der Waals surface area contributed by atoms with Crippen molar-refractivity contribution in [1.82, 2.24) is 14.5 Å². The van der Waals surface area contributed by atoms with E-state index in [1.807, 2.05) is 4.72 Å². The number of hydrogen-bond donors (Lipinski definition) is 1. The number of nitrogens with zero attached hydrogens (tertiary/aromatic N) is 3. The number of aryl methyl sites for hydroxylation is 1. The van der Waals surface area contributed by atoms with Gasteiger partial charge in [-0.15, -0.1) is 0 Å². The van der Waals surface area contributed by atoms with E-state index >= 15 is 0 Å². The molecule has 2 rings (SSSR count). The Kier molecular flexibility index (Phi) is 7.23. The Hall–Kier alpha value is -3.33. The molecule has 1 aromatic heterocycles. The van der Waals surface area contributed by atoms with Gasteiger partial charge < -0.3 is 14.2 Å². The first kappa shape index (κ1) is 23.0. The van der Waals surface area contributed by atoms with Crippen LogP contribution >= 0.6 is 0 Å². The third kappa shape index (κ3) is 5.84. The van der Waals surface area contributed by atoms with Gasteiger partial charge in [-0.3, -0.25) is 19.6 Å². The number of rotatable bonds is 10. The number of benzene rings is 1. The van der Waals surface area contributed by atoms with E-state index < -0.39 is 52.1 Å². The molecule has 0 aliphatic heterocycles. The van der Waals surface area contributed by atoms with E-state index in [-0.39, 0.29) is 16.2 Å². The Morgan fingerprint density at radius 1 is 1.37 bits per heavy atom. The monoisotopic (exact) mass is 450 g/mol. The number of ether oxygens (including phenoxy) is 3. The third-order valence-corrected chi connectivity index (χ3v) is 4.92. The van der Waals surface area contributed by atoms with Crippen molar-refractivity contribution in [1.29, 1.82) is 0 Å². The molecule has 0 bridgehead atoms. The van der Waals surface area contributed by atoms with Crippen molar-refractivity contribution in [3.63, 3.8) is 0 Å². The number of carbonyl (C=O) groups excluding carboxylic acids is 1. The molecule has 0 saturated carbocycles. The van der Waals surface area contributed by atoms with Crippen LogP contribution in [0.5, 0.6) is 11.5 Å². The maximum atomic E-state index is 12.5. The fraction of sp³-hybridized carbons (Fsp3) is 0.333. The number of carbonyl (C=O) groups is 1. The van der Waals surface area contributed by atoms with Gasteiger partial charge in [0.2, 0.25) is 10.0 Å². The maximum absolute atomic E-state index is 12.5. The number of aromatic nitrogens is 2. The van der Waals surface area contributed by atoms with Crippen LogP contribution < -0.4 is 14.2 Å². The summed E-state index contributed by atoms with van der Waals surface area (Å²) in [5, 5.41) is 14.9. The summed E-state index contributed by atoms with van der Waals surface area (Å²) in [4.78, 5) is 22.0. The highest BCUT2D eigenvalue weighted by atomic mass is 32.2. The van der Waals surface area contributed by atoms with Crippen molar-refractivity contribution >= 4 is 21.7 Å². The van der Waals surface area contributed by atoms with Crippen LogP contribution in [0.25, 0.3) is 0 Å². The number of sulfonamides is 1. The lowest BCUT2D eigenvalue weighted by molar-refractivity contribution is -0.386. The van der Waals surface area contributed by atoms with Crippen molar-refractivity contribution in [2.45, 2.75) is 18.1 Å². The number of halogens is 2. The van der Waals surface area contributed by atoms with E-state index in [0.29, 0.717) is 6.07 Å². The van der Waals surface area contributed by atoms with Crippen molar-refractivity contribution in [3.8, 4) is 11.5 Å². The van der Waals surface area contributed by atoms with E-state index in [4.69, 9.17) is 9.47 Å². The molecule has 1 heterocycles. The summed E-state index contributed by atoms with van der Waals surface area (Å²) in [6, 6.07) is 1.71. The van der Waals surface area contributed by atoms with Crippen LogP contribution in [0.2, 0.25) is 0 Å². The van der Waals surface area contributed by atoms with Gasteiger partial charge in [0.05, 0.1) is 29.9 Å². The molecule has 164 valence electrons. The smallest absolute Gasteiger partial charge is 0.387 e. The van der Waals surface area contributed by atoms with Crippen LogP contribution in [0.15, 0.2) is 29.4 Å². The van der Waals surface area contributed by atoms with Crippen molar-refractivity contribution in [3.05, 3.63) is 40.2 Å². The van der Waals surface area contributed by atoms with E-state index in [2.05, 4.69) is 9.84 Å². The van der Waals surface area contributed by atoms with Crippen LogP contribution in [0.1, 0.15) is 5.56 Å². The molecule has 1 N–H and O–H groups in total. The molecule has 0 radical (unpaired) electrons. The minimum Gasteiger partial charge on any atom is -0.493 e. The Bertz CT molecular complexity index is 1040. The quantitative estimate of drug-likeness (QED) is 0.317. The standard InChI is InChI=1S/C15H16F2N4O8S/c1-20-7-10(5-18-20)30(25,26)19-6-14(22)28-8-9-3-12(27-2)13(29-15(16)17)4-11(9)21(23)24/h3-5,7,15,19H,6,8H2,1-2H3. The third-order valence-electron chi connectivity index (χ3n) is 3.56. The maximum Gasteiger partial charge on any atom is 0.387 e. The molecule has 12 nitrogen and oxygen atoms in total. The summed E-state index contributed by atoms with van der Waals surface area (Å²) in [5.41, 5.74) is -0.836. The normalized spacial score (nSPS) is 11.4. The lowest BCUT2D eigenvalue weighted by Crippen LogP contribution is -2.30. The zero-order valence-corrected chi connectivity index (χ0v) is 16.4. The zero-order valence-electron chi connectivity index (χ0n) is 15.6. The van der Waals surface area contributed by atoms with E-state index in [1.54, 1.807) is 0 Å². The first-order valence-electron chi connectivity index (χ1n) is 7.97. The average Bonchev–Trinajstić information content (AvgIpc) is 3.11. The highest BCUT2D eigenvalue weighted by molar-refractivity contribution is 7.89. The van der Waals surface area contributed by atoms with Crippen molar-refractivity contribution < 1.29 is 41.1 Å². The van der Waals surface area contributed by atoms with E-state index in [0.717, 1.165) is 19.4 Å². The molecule has 1 aromatic carbocycles.